The number of esters is 1. The Kier molecular flexibility index (Phi) is 8.10. The Bertz CT molecular complexity index is 169. The molecule has 0 aliphatic carbocycles. The maximum Gasteiger partial charge on any atom is 0.306 e. The molecule has 0 radical (unpaired) electrons. The van der Waals surface area contributed by atoms with Crippen molar-refractivity contribution in [3.63, 3.8) is 0 Å². The Morgan fingerprint density at radius 2 is 1.93 bits per heavy atom. The van der Waals surface area contributed by atoms with Gasteiger partial charge in [-0.25, -0.2) is 0 Å². The number of rotatable bonds is 4. The molecule has 0 spiro atoms. The second-order valence-corrected chi connectivity index (χ2v) is 4.12. The third-order valence-corrected chi connectivity index (χ3v) is 1.44. The first-order chi connectivity index (χ1) is 5.85. The number of ether oxygens (including phenoxy) is 1. The largest absolute Gasteiger partial charge is 0.460 e. The summed E-state index contributed by atoms with van der Waals surface area (Å²) in [7, 11) is 0. The summed E-state index contributed by atoms with van der Waals surface area (Å²) < 4.78 is 5.10. The van der Waals surface area contributed by atoms with Gasteiger partial charge in [0, 0.05) is 19.0 Å². The molecule has 86 valence electrons. The van der Waals surface area contributed by atoms with Crippen LogP contribution in [0, 0.1) is 0 Å². The van der Waals surface area contributed by atoms with Gasteiger partial charge in [-0.3, -0.25) is 4.79 Å². The molecule has 0 aromatic heterocycles. The molecule has 5 heteroatoms. The molecular formula is C9H21ClN2O2. The van der Waals surface area contributed by atoms with Crippen molar-refractivity contribution in [2.45, 2.75) is 45.3 Å². The molecule has 1 atom stereocenters. The molecule has 1 unspecified atom stereocenters. The average Bonchev–Trinajstić information content (AvgIpc) is 1.97. The number of hydrogen-bond donors (Lipinski definition) is 2. The van der Waals surface area contributed by atoms with Gasteiger partial charge < -0.3 is 16.2 Å². The van der Waals surface area contributed by atoms with Gasteiger partial charge in [0.1, 0.15) is 5.60 Å². The smallest absolute Gasteiger partial charge is 0.306 e. The van der Waals surface area contributed by atoms with E-state index in [1.54, 1.807) is 0 Å². The van der Waals surface area contributed by atoms with Crippen LogP contribution in [0.15, 0.2) is 0 Å². The van der Waals surface area contributed by atoms with E-state index in [1.807, 2.05) is 20.8 Å². The van der Waals surface area contributed by atoms with Crippen LogP contribution in [0.2, 0.25) is 0 Å². The van der Waals surface area contributed by atoms with Crippen molar-refractivity contribution < 1.29 is 9.53 Å². The van der Waals surface area contributed by atoms with Crippen molar-refractivity contribution in [2.75, 3.05) is 6.54 Å². The molecule has 0 aromatic rings. The highest BCUT2D eigenvalue weighted by Crippen LogP contribution is 2.09. The minimum atomic E-state index is -0.413. The zero-order valence-corrected chi connectivity index (χ0v) is 9.89. The van der Waals surface area contributed by atoms with E-state index in [2.05, 4.69) is 0 Å². The summed E-state index contributed by atoms with van der Waals surface area (Å²) in [4.78, 5) is 11.2. The number of carbonyl (C=O) groups is 1. The monoisotopic (exact) mass is 224 g/mol. The second kappa shape index (κ2) is 7.04. The van der Waals surface area contributed by atoms with Crippen LogP contribution in [-0.4, -0.2) is 24.2 Å². The van der Waals surface area contributed by atoms with Gasteiger partial charge in [-0.05, 0) is 27.2 Å². The Labute approximate surface area is 91.8 Å². The van der Waals surface area contributed by atoms with Gasteiger partial charge in [0.25, 0.3) is 0 Å². The van der Waals surface area contributed by atoms with Gasteiger partial charge >= 0.3 is 5.97 Å². The average molecular weight is 225 g/mol. The quantitative estimate of drug-likeness (QED) is 0.693. The Hall–Kier alpha value is -0.320. The fourth-order valence-electron chi connectivity index (χ4n) is 0.814. The number of halogens is 1. The molecule has 0 heterocycles. The first-order valence-electron chi connectivity index (χ1n) is 4.52. The lowest BCUT2D eigenvalue weighted by atomic mass is 10.1. The molecule has 0 fully saturated rings. The van der Waals surface area contributed by atoms with E-state index < -0.39 is 5.60 Å². The highest BCUT2D eigenvalue weighted by atomic mass is 35.5. The summed E-state index contributed by atoms with van der Waals surface area (Å²) >= 11 is 0. The zero-order chi connectivity index (χ0) is 10.5. The highest BCUT2D eigenvalue weighted by Gasteiger charge is 2.16. The van der Waals surface area contributed by atoms with Crippen LogP contribution < -0.4 is 11.5 Å². The molecule has 0 aliphatic heterocycles. The molecule has 0 aromatic carbocycles. The third-order valence-electron chi connectivity index (χ3n) is 1.44. The number of carbonyl (C=O) groups excluding carboxylic acids is 1. The summed E-state index contributed by atoms with van der Waals surface area (Å²) in [6.45, 7) is 5.93. The standard InChI is InChI=1S/C9H20N2O2.ClH/c1-9(2,3)13-8(12)5-4-7(11)6-10;/h7H,4-6,10-11H2,1-3H3;1H. The topological polar surface area (TPSA) is 78.3 Å². The fourth-order valence-corrected chi connectivity index (χ4v) is 0.814. The first kappa shape index (κ1) is 16.1. The molecular weight excluding hydrogens is 204 g/mol. The van der Waals surface area contributed by atoms with Gasteiger partial charge in [-0.2, -0.15) is 0 Å². The lowest BCUT2D eigenvalue weighted by molar-refractivity contribution is -0.155. The van der Waals surface area contributed by atoms with Gasteiger partial charge in [0.2, 0.25) is 0 Å². The molecule has 0 aliphatic rings. The fraction of sp³-hybridized carbons (Fsp3) is 0.889. The zero-order valence-electron chi connectivity index (χ0n) is 9.08. The minimum absolute atomic E-state index is 0. The molecule has 0 amide bonds. The van der Waals surface area contributed by atoms with Crippen LogP contribution in [-0.2, 0) is 9.53 Å². The van der Waals surface area contributed by atoms with Gasteiger partial charge in [-0.15, -0.1) is 12.4 Å². The van der Waals surface area contributed by atoms with E-state index in [0.29, 0.717) is 19.4 Å². The predicted octanol–water partition coefficient (Wildman–Crippen LogP) is 0.816. The third kappa shape index (κ3) is 9.77. The van der Waals surface area contributed by atoms with Gasteiger partial charge in [-0.1, -0.05) is 0 Å². The van der Waals surface area contributed by atoms with Crippen molar-refractivity contribution in [1.82, 2.24) is 0 Å². The maximum absolute atomic E-state index is 11.2. The summed E-state index contributed by atoms with van der Waals surface area (Å²) in [6, 6.07) is -0.104. The number of hydrogen-bond acceptors (Lipinski definition) is 4. The molecule has 14 heavy (non-hydrogen) atoms. The van der Waals surface area contributed by atoms with E-state index in [0.717, 1.165) is 0 Å². The van der Waals surface area contributed by atoms with Crippen molar-refractivity contribution in [3.8, 4) is 0 Å². The summed E-state index contributed by atoms with van der Waals surface area (Å²) in [6.07, 6.45) is 0.932. The van der Waals surface area contributed by atoms with Gasteiger partial charge in [0.15, 0.2) is 0 Å². The SMILES string of the molecule is CC(C)(C)OC(=O)CCC(N)CN.Cl. The lowest BCUT2D eigenvalue weighted by Gasteiger charge is -2.19. The molecule has 0 bridgehead atoms. The molecule has 0 saturated carbocycles. The van der Waals surface area contributed by atoms with Crippen LogP contribution in [0.25, 0.3) is 0 Å². The van der Waals surface area contributed by atoms with Crippen molar-refractivity contribution in [2.24, 2.45) is 11.5 Å². The maximum atomic E-state index is 11.2. The summed E-state index contributed by atoms with van der Waals surface area (Å²) in [5.41, 5.74) is 10.4. The summed E-state index contributed by atoms with van der Waals surface area (Å²) in [5, 5.41) is 0. The van der Waals surface area contributed by atoms with E-state index >= 15 is 0 Å². The Morgan fingerprint density at radius 3 is 2.29 bits per heavy atom. The van der Waals surface area contributed by atoms with Crippen LogP contribution in [0.4, 0.5) is 0 Å². The Morgan fingerprint density at radius 1 is 1.43 bits per heavy atom. The molecule has 4 nitrogen and oxygen atoms in total. The van der Waals surface area contributed by atoms with Crippen LogP contribution in [0.3, 0.4) is 0 Å². The van der Waals surface area contributed by atoms with Crippen LogP contribution in [0.5, 0.6) is 0 Å². The van der Waals surface area contributed by atoms with E-state index in [1.165, 1.54) is 0 Å². The first-order valence-corrected chi connectivity index (χ1v) is 4.52. The van der Waals surface area contributed by atoms with Crippen molar-refractivity contribution in [1.29, 1.82) is 0 Å². The van der Waals surface area contributed by atoms with E-state index in [9.17, 15) is 4.79 Å². The molecule has 0 rings (SSSR count). The van der Waals surface area contributed by atoms with E-state index in [-0.39, 0.29) is 24.4 Å². The molecule has 4 N–H and O–H groups in total. The van der Waals surface area contributed by atoms with Crippen LogP contribution >= 0.6 is 12.4 Å². The second-order valence-electron chi connectivity index (χ2n) is 4.12. The Balaban J connectivity index is 0. The predicted molar refractivity (Wildman–Crippen MR) is 59.4 cm³/mol. The lowest BCUT2D eigenvalue weighted by Crippen LogP contribution is -2.31. The minimum Gasteiger partial charge on any atom is -0.460 e. The van der Waals surface area contributed by atoms with Crippen molar-refractivity contribution >= 4 is 18.4 Å². The van der Waals surface area contributed by atoms with Crippen molar-refractivity contribution in [3.05, 3.63) is 0 Å². The number of nitrogens with two attached hydrogens (primary N) is 2. The normalized spacial score (nSPS) is 12.9. The molecule has 0 saturated heterocycles. The highest BCUT2D eigenvalue weighted by molar-refractivity contribution is 5.85. The van der Waals surface area contributed by atoms with E-state index in [4.69, 9.17) is 16.2 Å². The van der Waals surface area contributed by atoms with Gasteiger partial charge in [0.05, 0.1) is 0 Å². The van der Waals surface area contributed by atoms with Crippen LogP contribution in [0.1, 0.15) is 33.6 Å². The summed E-state index contributed by atoms with van der Waals surface area (Å²) in [5.74, 6) is -0.212.